The van der Waals surface area contributed by atoms with Gasteiger partial charge in [-0.3, -0.25) is 0 Å². The van der Waals surface area contributed by atoms with E-state index >= 15 is 0 Å². The van der Waals surface area contributed by atoms with Gasteiger partial charge in [0.15, 0.2) is 0 Å². The average molecular weight is 677 g/mol. The van der Waals surface area contributed by atoms with Gasteiger partial charge in [-0.25, -0.2) is 9.59 Å². The van der Waals surface area contributed by atoms with E-state index in [0.717, 1.165) is 38.5 Å². The zero-order chi connectivity index (χ0) is 35.2. The molecule has 0 aliphatic rings. The number of benzene rings is 4. The maximum absolute atomic E-state index is 14.4. The minimum absolute atomic E-state index is 0.174. The van der Waals surface area contributed by atoms with Crippen molar-refractivity contribution < 1.29 is 59.6 Å². The molecule has 0 aliphatic carbocycles. The van der Waals surface area contributed by atoms with Crippen LogP contribution in [-0.4, -0.2) is 45.6 Å². The molecular formula is C35H30F6O7. The molecule has 2 atom stereocenters. The SMILES string of the molecule is COc1cccc(COC(=O)C(OC)(c2ccccc2)C(F)(F)F)c1-c1ccccc1COC(=O)C(OC)(c1ccccc1)C(F)(F)F. The third kappa shape index (κ3) is 6.60. The van der Waals surface area contributed by atoms with Crippen LogP contribution in [0.3, 0.4) is 0 Å². The second kappa shape index (κ2) is 14.5. The first-order chi connectivity index (χ1) is 22.8. The summed E-state index contributed by atoms with van der Waals surface area (Å²) < 4.78 is 112. The second-order valence-corrected chi connectivity index (χ2v) is 10.3. The lowest BCUT2D eigenvalue weighted by molar-refractivity contribution is -0.277. The molecule has 7 nitrogen and oxygen atoms in total. The van der Waals surface area contributed by atoms with Crippen LogP contribution in [0.1, 0.15) is 22.3 Å². The number of esters is 2. The summed E-state index contributed by atoms with van der Waals surface area (Å²) >= 11 is 0. The molecule has 48 heavy (non-hydrogen) atoms. The molecule has 0 fully saturated rings. The molecule has 0 spiro atoms. The number of hydrogen-bond donors (Lipinski definition) is 0. The molecule has 0 saturated carbocycles. The number of hydrogen-bond acceptors (Lipinski definition) is 7. The van der Waals surface area contributed by atoms with Crippen LogP contribution >= 0.6 is 0 Å². The van der Waals surface area contributed by atoms with E-state index in [-0.39, 0.29) is 28.0 Å². The first kappa shape index (κ1) is 36.0. The van der Waals surface area contributed by atoms with Gasteiger partial charge in [-0.15, -0.1) is 0 Å². The maximum Gasteiger partial charge on any atom is 0.432 e. The fourth-order valence-corrected chi connectivity index (χ4v) is 5.33. The molecule has 4 rings (SSSR count). The van der Waals surface area contributed by atoms with Crippen LogP contribution in [0.15, 0.2) is 103 Å². The van der Waals surface area contributed by atoms with Gasteiger partial charge in [0.25, 0.3) is 11.2 Å². The highest BCUT2D eigenvalue weighted by Crippen LogP contribution is 2.45. The van der Waals surface area contributed by atoms with Gasteiger partial charge in [-0.05, 0) is 17.2 Å². The van der Waals surface area contributed by atoms with E-state index in [9.17, 15) is 35.9 Å². The second-order valence-electron chi connectivity index (χ2n) is 10.3. The zero-order valence-corrected chi connectivity index (χ0v) is 25.9. The summed E-state index contributed by atoms with van der Waals surface area (Å²) in [5.74, 6) is -3.27. The molecule has 4 aromatic rings. The van der Waals surface area contributed by atoms with Crippen LogP contribution in [0, 0.1) is 0 Å². The number of carbonyl (C=O) groups is 2. The summed E-state index contributed by atoms with van der Waals surface area (Å²) in [6, 6.07) is 23.2. The number of ether oxygens (including phenoxy) is 5. The van der Waals surface area contributed by atoms with E-state index in [1.54, 1.807) is 12.1 Å². The molecule has 0 heterocycles. The van der Waals surface area contributed by atoms with Crippen LogP contribution in [0.2, 0.25) is 0 Å². The highest BCUT2D eigenvalue weighted by atomic mass is 19.4. The summed E-state index contributed by atoms with van der Waals surface area (Å²) in [6.07, 6.45) is -10.4. The van der Waals surface area contributed by atoms with Gasteiger partial charge in [0.1, 0.15) is 19.0 Å². The quantitative estimate of drug-likeness (QED) is 0.113. The van der Waals surface area contributed by atoms with Crippen LogP contribution in [-0.2, 0) is 53.0 Å². The molecule has 0 radical (unpaired) electrons. The Morgan fingerprint density at radius 1 is 0.542 bits per heavy atom. The van der Waals surface area contributed by atoms with Crippen molar-refractivity contribution in [1.29, 1.82) is 0 Å². The lowest BCUT2D eigenvalue weighted by Gasteiger charge is -2.32. The van der Waals surface area contributed by atoms with Crippen LogP contribution in [0.4, 0.5) is 26.3 Å². The maximum atomic E-state index is 14.4. The minimum atomic E-state index is -5.21. The van der Waals surface area contributed by atoms with Crippen molar-refractivity contribution in [3.05, 3.63) is 125 Å². The molecule has 4 aromatic carbocycles. The molecular weight excluding hydrogens is 646 g/mol. The average Bonchev–Trinajstić information content (AvgIpc) is 3.07. The van der Waals surface area contributed by atoms with Crippen molar-refractivity contribution in [2.75, 3.05) is 21.3 Å². The van der Waals surface area contributed by atoms with E-state index < -0.39 is 59.8 Å². The zero-order valence-electron chi connectivity index (χ0n) is 25.9. The van der Waals surface area contributed by atoms with E-state index in [4.69, 9.17) is 23.7 Å². The van der Waals surface area contributed by atoms with Crippen LogP contribution in [0.5, 0.6) is 5.75 Å². The Balaban J connectivity index is 1.69. The van der Waals surface area contributed by atoms with Crippen molar-refractivity contribution in [2.45, 2.75) is 36.8 Å². The fourth-order valence-electron chi connectivity index (χ4n) is 5.33. The molecule has 0 amide bonds. The highest BCUT2D eigenvalue weighted by Gasteiger charge is 2.65. The monoisotopic (exact) mass is 676 g/mol. The predicted octanol–water partition coefficient (Wildman–Crippen LogP) is 7.66. The molecule has 2 unspecified atom stereocenters. The van der Waals surface area contributed by atoms with Crippen LogP contribution in [0.25, 0.3) is 11.1 Å². The lowest BCUT2D eigenvalue weighted by Crippen LogP contribution is -2.51. The molecule has 0 bridgehead atoms. The van der Waals surface area contributed by atoms with Crippen molar-refractivity contribution in [2.24, 2.45) is 0 Å². The van der Waals surface area contributed by atoms with Gasteiger partial charge in [0.05, 0.1) is 7.11 Å². The fraction of sp³-hybridized carbons (Fsp3) is 0.257. The van der Waals surface area contributed by atoms with Gasteiger partial charge < -0.3 is 23.7 Å². The van der Waals surface area contributed by atoms with Gasteiger partial charge in [0, 0.05) is 36.5 Å². The largest absolute Gasteiger partial charge is 0.496 e. The third-order valence-corrected chi connectivity index (χ3v) is 7.68. The van der Waals surface area contributed by atoms with Crippen molar-refractivity contribution in [1.82, 2.24) is 0 Å². The molecule has 0 aromatic heterocycles. The number of carbonyl (C=O) groups excluding carboxylic acids is 2. The molecule has 0 saturated heterocycles. The van der Waals surface area contributed by atoms with Gasteiger partial charge in [-0.2, -0.15) is 26.3 Å². The van der Waals surface area contributed by atoms with Gasteiger partial charge >= 0.3 is 24.3 Å². The standard InChI is InChI=1S/C35H30F6O7/c1-44-28-20-12-14-24(22-48-31(43)33(46-3,35(39,40)41)26-17-8-5-9-18-26)29(28)27-19-11-10-13-23(27)21-47-30(42)32(45-2,34(36,37)38)25-15-6-4-7-16-25/h4-20H,21-22H2,1-3H3. The van der Waals surface area contributed by atoms with Gasteiger partial charge in [0.2, 0.25) is 0 Å². The number of methoxy groups -OCH3 is 3. The van der Waals surface area contributed by atoms with Crippen molar-refractivity contribution in [3.63, 3.8) is 0 Å². The first-order valence-electron chi connectivity index (χ1n) is 14.2. The Morgan fingerprint density at radius 3 is 1.40 bits per heavy atom. The smallest absolute Gasteiger partial charge is 0.432 e. The van der Waals surface area contributed by atoms with Crippen LogP contribution < -0.4 is 4.74 Å². The summed E-state index contributed by atoms with van der Waals surface area (Å²) in [6.45, 7) is -1.36. The Morgan fingerprint density at radius 2 is 0.958 bits per heavy atom. The van der Waals surface area contributed by atoms with E-state index in [1.165, 1.54) is 73.8 Å². The topological polar surface area (TPSA) is 80.3 Å². The number of halogens is 6. The Bertz CT molecular complexity index is 1710. The summed E-state index contributed by atoms with van der Waals surface area (Å²) in [5, 5.41) is 0. The molecule has 0 N–H and O–H groups in total. The Kier molecular flexibility index (Phi) is 10.9. The van der Waals surface area contributed by atoms with E-state index in [1.807, 2.05) is 0 Å². The summed E-state index contributed by atoms with van der Waals surface area (Å²) in [4.78, 5) is 26.4. The first-order valence-corrected chi connectivity index (χ1v) is 14.2. The third-order valence-electron chi connectivity index (χ3n) is 7.68. The highest BCUT2D eigenvalue weighted by molar-refractivity contribution is 5.84. The summed E-state index contributed by atoms with van der Waals surface area (Å²) in [7, 11) is 2.81. The normalized spacial score (nSPS) is 14.4. The van der Waals surface area contributed by atoms with E-state index in [2.05, 4.69) is 0 Å². The minimum Gasteiger partial charge on any atom is -0.496 e. The van der Waals surface area contributed by atoms with E-state index in [0.29, 0.717) is 0 Å². The van der Waals surface area contributed by atoms with Gasteiger partial charge in [-0.1, -0.05) is 97.1 Å². The Labute approximate surface area is 272 Å². The lowest BCUT2D eigenvalue weighted by atomic mass is 9.92. The predicted molar refractivity (Wildman–Crippen MR) is 160 cm³/mol. The van der Waals surface area contributed by atoms with Crippen molar-refractivity contribution in [3.8, 4) is 16.9 Å². The molecule has 13 heteroatoms. The number of rotatable bonds is 12. The van der Waals surface area contributed by atoms with Crippen molar-refractivity contribution >= 4 is 11.9 Å². The summed E-state index contributed by atoms with van der Waals surface area (Å²) in [5.41, 5.74) is -6.98. The molecule has 254 valence electrons. The molecule has 0 aliphatic heterocycles. The number of alkyl halides is 6. The Hall–Kier alpha value is -4.88.